The number of aliphatic hydroxyl groups is 1. The van der Waals surface area contributed by atoms with E-state index < -0.39 is 6.10 Å². The predicted octanol–water partition coefficient (Wildman–Crippen LogP) is 3.98. The Morgan fingerprint density at radius 1 is 1.25 bits per heavy atom. The number of hydrogen-bond donors (Lipinski definition) is 1. The lowest BCUT2D eigenvalue weighted by atomic mass is 10.1. The molecule has 4 heteroatoms. The van der Waals surface area contributed by atoms with Crippen LogP contribution in [0.5, 0.6) is 0 Å². The SMILES string of the molecule is Cc1ccoc1C(O)c1cc(Cl)ccc1Cl. The lowest BCUT2D eigenvalue weighted by molar-refractivity contribution is 0.188. The van der Waals surface area contributed by atoms with Crippen molar-refractivity contribution in [3.05, 3.63) is 57.5 Å². The summed E-state index contributed by atoms with van der Waals surface area (Å²) in [6.45, 7) is 1.86. The van der Waals surface area contributed by atoms with Crippen molar-refractivity contribution in [2.24, 2.45) is 0 Å². The topological polar surface area (TPSA) is 33.4 Å². The van der Waals surface area contributed by atoms with Crippen LogP contribution in [0.4, 0.5) is 0 Å². The Hall–Kier alpha value is -0.960. The van der Waals surface area contributed by atoms with Gasteiger partial charge in [0.2, 0.25) is 0 Å². The van der Waals surface area contributed by atoms with E-state index in [-0.39, 0.29) is 0 Å². The van der Waals surface area contributed by atoms with Crippen molar-refractivity contribution in [1.82, 2.24) is 0 Å². The monoisotopic (exact) mass is 256 g/mol. The Balaban J connectivity index is 2.45. The molecule has 0 saturated heterocycles. The minimum absolute atomic E-state index is 0.465. The molecule has 2 nitrogen and oxygen atoms in total. The first-order valence-corrected chi connectivity index (χ1v) is 5.52. The number of rotatable bonds is 2. The van der Waals surface area contributed by atoms with Crippen LogP contribution in [0.2, 0.25) is 10.0 Å². The Bertz CT molecular complexity index is 505. The van der Waals surface area contributed by atoms with Crippen molar-refractivity contribution in [3.8, 4) is 0 Å². The van der Waals surface area contributed by atoms with E-state index in [0.29, 0.717) is 21.4 Å². The molecule has 84 valence electrons. The van der Waals surface area contributed by atoms with Crippen LogP contribution >= 0.6 is 23.2 Å². The van der Waals surface area contributed by atoms with E-state index >= 15 is 0 Å². The van der Waals surface area contributed by atoms with Gasteiger partial charge in [-0.25, -0.2) is 0 Å². The van der Waals surface area contributed by atoms with E-state index in [4.69, 9.17) is 27.6 Å². The fraction of sp³-hybridized carbons (Fsp3) is 0.167. The normalized spacial score (nSPS) is 12.8. The maximum Gasteiger partial charge on any atom is 0.139 e. The maximum absolute atomic E-state index is 10.1. The standard InChI is InChI=1S/C12H10Cl2O2/c1-7-4-5-16-12(7)11(15)9-6-8(13)2-3-10(9)14/h2-6,11,15H,1H3. The van der Waals surface area contributed by atoms with Crippen molar-refractivity contribution < 1.29 is 9.52 Å². The van der Waals surface area contributed by atoms with Crippen molar-refractivity contribution in [1.29, 1.82) is 0 Å². The van der Waals surface area contributed by atoms with Crippen LogP contribution in [-0.4, -0.2) is 5.11 Å². The van der Waals surface area contributed by atoms with Gasteiger partial charge in [-0.1, -0.05) is 23.2 Å². The van der Waals surface area contributed by atoms with Crippen LogP contribution < -0.4 is 0 Å². The summed E-state index contributed by atoms with van der Waals surface area (Å²) in [7, 11) is 0. The molecule has 1 N–H and O–H groups in total. The average Bonchev–Trinajstić information content (AvgIpc) is 2.67. The number of halogens is 2. The molecule has 1 aromatic carbocycles. The van der Waals surface area contributed by atoms with Crippen LogP contribution in [0.1, 0.15) is 23.0 Å². The average molecular weight is 257 g/mol. The molecule has 1 unspecified atom stereocenters. The molecule has 0 aliphatic rings. The highest BCUT2D eigenvalue weighted by atomic mass is 35.5. The second-order valence-electron chi connectivity index (χ2n) is 3.54. The van der Waals surface area contributed by atoms with Crippen LogP contribution in [0, 0.1) is 6.92 Å². The number of hydrogen-bond acceptors (Lipinski definition) is 2. The molecule has 1 atom stereocenters. The van der Waals surface area contributed by atoms with Crippen molar-refractivity contribution in [3.63, 3.8) is 0 Å². The van der Waals surface area contributed by atoms with Gasteiger partial charge < -0.3 is 9.52 Å². The Kier molecular flexibility index (Phi) is 3.24. The summed E-state index contributed by atoms with van der Waals surface area (Å²) in [6.07, 6.45) is 0.646. The Labute approximate surface area is 103 Å². The molecule has 2 rings (SSSR count). The van der Waals surface area contributed by atoms with Crippen LogP contribution in [0.25, 0.3) is 0 Å². The first-order chi connectivity index (χ1) is 7.59. The Morgan fingerprint density at radius 2 is 2.00 bits per heavy atom. The first kappa shape index (κ1) is 11.5. The summed E-state index contributed by atoms with van der Waals surface area (Å²) >= 11 is 11.9. The van der Waals surface area contributed by atoms with Gasteiger partial charge in [0.15, 0.2) is 0 Å². The summed E-state index contributed by atoms with van der Waals surface area (Å²) < 4.78 is 5.22. The predicted molar refractivity (Wildman–Crippen MR) is 64.0 cm³/mol. The molecule has 0 saturated carbocycles. The number of aliphatic hydroxyl groups excluding tert-OH is 1. The van der Waals surface area contributed by atoms with E-state index in [1.807, 2.05) is 6.92 Å². The van der Waals surface area contributed by atoms with Gasteiger partial charge in [-0.05, 0) is 36.8 Å². The third-order valence-corrected chi connectivity index (χ3v) is 2.98. The lowest BCUT2D eigenvalue weighted by Gasteiger charge is -2.11. The smallest absolute Gasteiger partial charge is 0.139 e. The van der Waals surface area contributed by atoms with E-state index in [9.17, 15) is 5.11 Å². The van der Waals surface area contributed by atoms with Gasteiger partial charge >= 0.3 is 0 Å². The van der Waals surface area contributed by atoms with Gasteiger partial charge in [0.25, 0.3) is 0 Å². The van der Waals surface area contributed by atoms with Crippen LogP contribution in [0.3, 0.4) is 0 Å². The van der Waals surface area contributed by atoms with E-state index in [1.54, 1.807) is 24.3 Å². The molecule has 2 aromatic rings. The largest absolute Gasteiger partial charge is 0.466 e. The van der Waals surface area contributed by atoms with Crippen molar-refractivity contribution in [2.75, 3.05) is 0 Å². The molecule has 0 aliphatic carbocycles. The molecule has 1 aromatic heterocycles. The fourth-order valence-corrected chi connectivity index (χ4v) is 1.93. The molecule has 0 bridgehead atoms. The third kappa shape index (κ3) is 2.09. The third-order valence-electron chi connectivity index (χ3n) is 2.40. The van der Waals surface area contributed by atoms with Gasteiger partial charge in [-0.15, -0.1) is 0 Å². The van der Waals surface area contributed by atoms with Gasteiger partial charge in [0, 0.05) is 15.6 Å². The van der Waals surface area contributed by atoms with Crippen LogP contribution in [-0.2, 0) is 0 Å². The molecule has 0 aliphatic heterocycles. The van der Waals surface area contributed by atoms with E-state index in [2.05, 4.69) is 0 Å². The number of furan rings is 1. The number of benzene rings is 1. The molecule has 0 fully saturated rings. The summed E-state index contributed by atoms with van der Waals surface area (Å²) in [5.74, 6) is 0.490. The van der Waals surface area contributed by atoms with Gasteiger partial charge in [0.05, 0.1) is 6.26 Å². The summed E-state index contributed by atoms with van der Waals surface area (Å²) in [5.41, 5.74) is 1.43. The zero-order valence-electron chi connectivity index (χ0n) is 8.58. The zero-order chi connectivity index (χ0) is 11.7. The summed E-state index contributed by atoms with van der Waals surface area (Å²) in [6, 6.07) is 6.75. The second-order valence-corrected chi connectivity index (χ2v) is 4.38. The molecule has 1 heterocycles. The molecule has 0 spiro atoms. The van der Waals surface area contributed by atoms with Gasteiger partial charge in [-0.3, -0.25) is 0 Å². The first-order valence-electron chi connectivity index (χ1n) is 4.76. The summed E-state index contributed by atoms with van der Waals surface area (Å²) in [4.78, 5) is 0. The fourth-order valence-electron chi connectivity index (χ4n) is 1.53. The van der Waals surface area contributed by atoms with Crippen molar-refractivity contribution in [2.45, 2.75) is 13.0 Å². The molecule has 16 heavy (non-hydrogen) atoms. The summed E-state index contributed by atoms with van der Waals surface area (Å²) in [5, 5.41) is 11.1. The second kappa shape index (κ2) is 4.50. The highest BCUT2D eigenvalue weighted by molar-refractivity contribution is 6.33. The number of aryl methyl sites for hydroxylation is 1. The highest BCUT2D eigenvalue weighted by Gasteiger charge is 2.19. The Morgan fingerprint density at radius 3 is 2.62 bits per heavy atom. The molecular formula is C12H10Cl2O2. The van der Waals surface area contributed by atoms with E-state index in [0.717, 1.165) is 5.56 Å². The lowest BCUT2D eigenvalue weighted by Crippen LogP contribution is -2.00. The quantitative estimate of drug-likeness (QED) is 0.882. The van der Waals surface area contributed by atoms with Gasteiger partial charge in [-0.2, -0.15) is 0 Å². The minimum atomic E-state index is -0.888. The highest BCUT2D eigenvalue weighted by Crippen LogP contribution is 2.32. The molecule has 0 radical (unpaired) electrons. The molecule has 0 amide bonds. The van der Waals surface area contributed by atoms with Gasteiger partial charge in [0.1, 0.15) is 11.9 Å². The van der Waals surface area contributed by atoms with Crippen LogP contribution in [0.15, 0.2) is 34.9 Å². The minimum Gasteiger partial charge on any atom is -0.466 e. The molecular weight excluding hydrogens is 247 g/mol. The van der Waals surface area contributed by atoms with E-state index in [1.165, 1.54) is 6.26 Å². The van der Waals surface area contributed by atoms with Crippen molar-refractivity contribution >= 4 is 23.2 Å². The zero-order valence-corrected chi connectivity index (χ0v) is 10.1. The maximum atomic E-state index is 10.1.